The Balaban J connectivity index is 2.05. The monoisotopic (exact) mass is 326 g/mol. The smallest absolute Gasteiger partial charge is 0.336 e. The third-order valence-electron chi connectivity index (χ3n) is 3.97. The number of benzene rings is 2. The summed E-state index contributed by atoms with van der Waals surface area (Å²) in [6, 6.07) is 10.8. The number of hydrogen-bond donors (Lipinski definition) is 1. The quantitative estimate of drug-likeness (QED) is 0.252. The fourth-order valence-electron chi connectivity index (χ4n) is 2.68. The summed E-state index contributed by atoms with van der Waals surface area (Å²) in [5.41, 5.74) is 1.70. The SMILES string of the molecule is C=C(C)C(COc1ccc2ccc3oc(=O)cc(C)c3c2c1)OO. The van der Waals surface area contributed by atoms with E-state index in [0.29, 0.717) is 16.9 Å². The fourth-order valence-corrected chi connectivity index (χ4v) is 2.68. The van der Waals surface area contributed by atoms with Crippen LogP contribution < -0.4 is 10.4 Å². The highest BCUT2D eigenvalue weighted by Crippen LogP contribution is 2.30. The van der Waals surface area contributed by atoms with Gasteiger partial charge in [-0.15, -0.1) is 0 Å². The zero-order chi connectivity index (χ0) is 17.3. The van der Waals surface area contributed by atoms with Gasteiger partial charge in [0.2, 0.25) is 0 Å². The summed E-state index contributed by atoms with van der Waals surface area (Å²) in [7, 11) is 0. The molecule has 2 aromatic carbocycles. The van der Waals surface area contributed by atoms with Crippen LogP contribution in [0.1, 0.15) is 12.5 Å². The van der Waals surface area contributed by atoms with Gasteiger partial charge in [-0.2, -0.15) is 0 Å². The Hall–Kier alpha value is -2.63. The minimum atomic E-state index is -0.590. The van der Waals surface area contributed by atoms with Gasteiger partial charge in [0, 0.05) is 11.5 Å². The molecule has 0 bridgehead atoms. The Labute approximate surface area is 138 Å². The molecule has 24 heavy (non-hydrogen) atoms. The second kappa shape index (κ2) is 6.47. The molecule has 0 aliphatic heterocycles. The predicted octanol–water partition coefficient (Wildman–Crippen LogP) is 4.07. The highest BCUT2D eigenvalue weighted by Gasteiger charge is 2.12. The maximum atomic E-state index is 11.5. The Kier molecular flexibility index (Phi) is 4.38. The lowest BCUT2D eigenvalue weighted by Gasteiger charge is -2.15. The number of ether oxygens (including phenoxy) is 1. The molecule has 0 saturated carbocycles. The van der Waals surface area contributed by atoms with E-state index < -0.39 is 6.10 Å². The molecule has 0 fully saturated rings. The van der Waals surface area contributed by atoms with Crippen molar-refractivity contribution in [3.8, 4) is 5.75 Å². The average Bonchev–Trinajstić information content (AvgIpc) is 2.54. The first-order valence-corrected chi connectivity index (χ1v) is 7.55. The van der Waals surface area contributed by atoms with E-state index in [2.05, 4.69) is 11.5 Å². The van der Waals surface area contributed by atoms with Crippen molar-refractivity contribution in [1.29, 1.82) is 0 Å². The molecule has 3 aromatic rings. The Morgan fingerprint density at radius 3 is 2.75 bits per heavy atom. The topological polar surface area (TPSA) is 68.9 Å². The number of aryl methyl sites for hydroxylation is 1. The standard InChI is InChI=1S/C19H18O5/c1-11(2)17(24-21)10-22-14-6-4-13-5-7-16-19(15(13)9-14)12(3)8-18(20)23-16/h4-9,17,21H,1,10H2,2-3H3. The van der Waals surface area contributed by atoms with Crippen LogP contribution in [0.25, 0.3) is 21.7 Å². The molecule has 1 unspecified atom stereocenters. The summed E-state index contributed by atoms with van der Waals surface area (Å²) in [6.45, 7) is 7.52. The molecule has 1 heterocycles. The molecule has 3 rings (SSSR count). The van der Waals surface area contributed by atoms with Crippen LogP contribution in [0.4, 0.5) is 0 Å². The predicted molar refractivity (Wildman–Crippen MR) is 92.5 cm³/mol. The van der Waals surface area contributed by atoms with Gasteiger partial charge in [-0.05, 0) is 54.0 Å². The van der Waals surface area contributed by atoms with Crippen LogP contribution >= 0.6 is 0 Å². The third kappa shape index (κ3) is 3.04. The zero-order valence-electron chi connectivity index (χ0n) is 13.5. The van der Waals surface area contributed by atoms with E-state index in [4.69, 9.17) is 14.4 Å². The number of rotatable bonds is 5. The van der Waals surface area contributed by atoms with Gasteiger partial charge in [-0.25, -0.2) is 9.68 Å². The highest BCUT2D eigenvalue weighted by molar-refractivity contribution is 6.07. The molecule has 0 radical (unpaired) electrons. The van der Waals surface area contributed by atoms with Crippen LogP contribution in [0, 0.1) is 6.92 Å². The van der Waals surface area contributed by atoms with Gasteiger partial charge in [-0.3, -0.25) is 5.26 Å². The van der Waals surface area contributed by atoms with E-state index in [0.717, 1.165) is 21.7 Å². The minimum Gasteiger partial charge on any atom is -0.490 e. The first-order valence-electron chi connectivity index (χ1n) is 7.55. The van der Waals surface area contributed by atoms with E-state index >= 15 is 0 Å². The summed E-state index contributed by atoms with van der Waals surface area (Å²) in [6.07, 6.45) is -0.590. The largest absolute Gasteiger partial charge is 0.490 e. The van der Waals surface area contributed by atoms with Crippen molar-refractivity contribution in [2.24, 2.45) is 0 Å². The highest BCUT2D eigenvalue weighted by atomic mass is 17.1. The lowest BCUT2D eigenvalue weighted by molar-refractivity contribution is -0.272. The summed E-state index contributed by atoms with van der Waals surface area (Å²) in [5, 5.41) is 11.7. The fraction of sp³-hybridized carbons (Fsp3) is 0.211. The van der Waals surface area contributed by atoms with E-state index in [1.165, 1.54) is 6.07 Å². The van der Waals surface area contributed by atoms with Crippen LogP contribution in [0.3, 0.4) is 0 Å². The Morgan fingerprint density at radius 2 is 2.04 bits per heavy atom. The maximum absolute atomic E-state index is 11.5. The van der Waals surface area contributed by atoms with Gasteiger partial charge in [0.15, 0.2) is 0 Å². The number of fused-ring (bicyclic) bond motifs is 3. The van der Waals surface area contributed by atoms with Crippen LogP contribution in [-0.4, -0.2) is 18.0 Å². The summed E-state index contributed by atoms with van der Waals surface area (Å²) in [4.78, 5) is 15.9. The lowest BCUT2D eigenvalue weighted by Crippen LogP contribution is -2.21. The second-order valence-corrected chi connectivity index (χ2v) is 5.82. The molecular weight excluding hydrogens is 308 g/mol. The van der Waals surface area contributed by atoms with Gasteiger partial charge in [0.05, 0.1) is 0 Å². The summed E-state index contributed by atoms with van der Waals surface area (Å²) in [5.74, 6) is 0.629. The molecule has 1 atom stereocenters. The molecule has 5 nitrogen and oxygen atoms in total. The second-order valence-electron chi connectivity index (χ2n) is 5.82. The van der Waals surface area contributed by atoms with Crippen LogP contribution in [-0.2, 0) is 4.89 Å². The number of hydrogen-bond acceptors (Lipinski definition) is 5. The minimum absolute atomic E-state index is 0.149. The van der Waals surface area contributed by atoms with Crippen LogP contribution in [0.5, 0.6) is 5.75 Å². The van der Waals surface area contributed by atoms with Crippen molar-refractivity contribution in [1.82, 2.24) is 0 Å². The molecule has 0 aliphatic carbocycles. The van der Waals surface area contributed by atoms with E-state index in [1.807, 2.05) is 31.2 Å². The molecule has 0 saturated heterocycles. The maximum Gasteiger partial charge on any atom is 0.336 e. The van der Waals surface area contributed by atoms with Crippen LogP contribution in [0.2, 0.25) is 0 Å². The van der Waals surface area contributed by atoms with Crippen molar-refractivity contribution >= 4 is 21.7 Å². The van der Waals surface area contributed by atoms with Crippen molar-refractivity contribution in [3.63, 3.8) is 0 Å². The van der Waals surface area contributed by atoms with Gasteiger partial charge in [0.25, 0.3) is 0 Å². The van der Waals surface area contributed by atoms with Crippen molar-refractivity contribution in [2.45, 2.75) is 20.0 Å². The molecule has 5 heteroatoms. The molecule has 0 aliphatic rings. The molecule has 124 valence electrons. The summed E-state index contributed by atoms with van der Waals surface area (Å²) < 4.78 is 11.0. The molecule has 0 spiro atoms. The molecular formula is C19H18O5. The normalized spacial score (nSPS) is 12.5. The van der Waals surface area contributed by atoms with E-state index in [-0.39, 0.29) is 12.2 Å². The average molecular weight is 326 g/mol. The van der Waals surface area contributed by atoms with E-state index in [1.54, 1.807) is 13.0 Å². The van der Waals surface area contributed by atoms with Crippen molar-refractivity contribution in [2.75, 3.05) is 6.61 Å². The Morgan fingerprint density at radius 1 is 1.29 bits per heavy atom. The van der Waals surface area contributed by atoms with Gasteiger partial charge < -0.3 is 9.15 Å². The van der Waals surface area contributed by atoms with Crippen LogP contribution in [0.15, 0.2) is 57.8 Å². The lowest BCUT2D eigenvalue weighted by atomic mass is 10.0. The molecule has 0 amide bonds. The first-order chi connectivity index (χ1) is 11.5. The Bertz CT molecular complexity index is 971. The van der Waals surface area contributed by atoms with E-state index in [9.17, 15) is 4.79 Å². The van der Waals surface area contributed by atoms with Gasteiger partial charge in [-0.1, -0.05) is 18.7 Å². The molecule has 1 N–H and O–H groups in total. The van der Waals surface area contributed by atoms with Gasteiger partial charge >= 0.3 is 5.63 Å². The summed E-state index contributed by atoms with van der Waals surface area (Å²) >= 11 is 0. The van der Waals surface area contributed by atoms with Crippen molar-refractivity contribution in [3.05, 3.63) is 64.5 Å². The van der Waals surface area contributed by atoms with Crippen molar-refractivity contribution < 1.29 is 19.3 Å². The van der Waals surface area contributed by atoms with Gasteiger partial charge in [0.1, 0.15) is 24.0 Å². The molecule has 1 aromatic heterocycles. The third-order valence-corrected chi connectivity index (χ3v) is 3.97. The first kappa shape index (κ1) is 16.2. The zero-order valence-corrected chi connectivity index (χ0v) is 13.5.